The van der Waals surface area contributed by atoms with Gasteiger partial charge < -0.3 is 20.1 Å². The van der Waals surface area contributed by atoms with Crippen molar-refractivity contribution in [3.63, 3.8) is 0 Å². The van der Waals surface area contributed by atoms with Crippen molar-refractivity contribution >= 4 is 11.7 Å². The summed E-state index contributed by atoms with van der Waals surface area (Å²) in [6.07, 6.45) is 2.86. The lowest BCUT2D eigenvalue weighted by atomic mass is 9.85. The molecule has 186 valence electrons. The van der Waals surface area contributed by atoms with Gasteiger partial charge in [-0.1, -0.05) is 26.7 Å². The normalized spacial score (nSPS) is 24.9. The molecule has 0 radical (unpaired) electrons. The van der Waals surface area contributed by atoms with E-state index in [1.54, 1.807) is 31.4 Å². The molecule has 1 aromatic rings. The molecule has 0 unspecified atom stereocenters. The Kier molecular flexibility index (Phi) is 7.62. The number of aliphatic hydroxyl groups is 1. The van der Waals surface area contributed by atoms with Crippen LogP contribution in [0, 0.1) is 0 Å². The number of carbonyl (C=O) groups is 1. The van der Waals surface area contributed by atoms with E-state index in [1.807, 2.05) is 6.92 Å². The number of hydrogen-bond acceptors (Lipinski definition) is 6. The minimum atomic E-state index is -1.90. The molecule has 3 atom stereocenters. The predicted octanol–water partition coefficient (Wildman–Crippen LogP) is 3.79. The molecule has 7 nitrogen and oxygen atoms in total. The third-order valence-corrected chi connectivity index (χ3v) is 7.28. The number of nitrogens with zero attached hydrogens (tertiary/aromatic N) is 2. The summed E-state index contributed by atoms with van der Waals surface area (Å²) in [7, 11) is 0. The van der Waals surface area contributed by atoms with Crippen LogP contribution in [-0.2, 0) is 28.3 Å². The number of ether oxygens (including phenoxy) is 1. The van der Waals surface area contributed by atoms with Gasteiger partial charge in [-0.2, -0.15) is 0 Å². The van der Waals surface area contributed by atoms with Crippen molar-refractivity contribution in [2.24, 2.45) is 10.7 Å². The largest absolute Gasteiger partial charge is 0.458 e. The highest BCUT2D eigenvalue weighted by atomic mass is 19.1. The Labute approximate surface area is 200 Å². The number of rotatable bonds is 7. The van der Waals surface area contributed by atoms with Gasteiger partial charge >= 0.3 is 5.97 Å². The maximum absolute atomic E-state index is 14.0. The standard InChI is InChI=1S/C26H36FN3O4/c1-7-9-10-21(28)15(4)18-12-30-22(23(18)29-17(6)14(3)16(5)27)11-20-19(24(30)31)13-34-25(32)26(20,33)8-2/h11,17,21,33H,7-10,12-13,28H2,1-6H3/b16-14?,18-15+,29-23+/t17-,21+,26+/m1/s1. The smallest absolute Gasteiger partial charge is 0.343 e. The van der Waals surface area contributed by atoms with Gasteiger partial charge in [0.1, 0.15) is 6.61 Å². The van der Waals surface area contributed by atoms with Gasteiger partial charge in [0, 0.05) is 11.6 Å². The second-order valence-electron chi connectivity index (χ2n) is 9.38. The van der Waals surface area contributed by atoms with E-state index in [1.165, 1.54) is 6.92 Å². The van der Waals surface area contributed by atoms with Crippen LogP contribution in [0.5, 0.6) is 0 Å². The average Bonchev–Trinajstić information content (AvgIpc) is 3.17. The average molecular weight is 474 g/mol. The summed E-state index contributed by atoms with van der Waals surface area (Å²) in [6.45, 7) is 10.7. The molecule has 0 amide bonds. The van der Waals surface area contributed by atoms with Crippen LogP contribution in [0.2, 0.25) is 0 Å². The number of aliphatic imine (C=N–C) groups is 1. The highest BCUT2D eigenvalue weighted by Gasteiger charge is 2.45. The van der Waals surface area contributed by atoms with Crippen molar-refractivity contribution in [1.29, 1.82) is 0 Å². The van der Waals surface area contributed by atoms with Crippen LogP contribution < -0.4 is 11.3 Å². The Morgan fingerprint density at radius 2 is 2.00 bits per heavy atom. The van der Waals surface area contributed by atoms with Gasteiger partial charge in [0.15, 0.2) is 5.60 Å². The monoisotopic (exact) mass is 473 g/mol. The molecule has 0 spiro atoms. The maximum Gasteiger partial charge on any atom is 0.343 e. The summed E-state index contributed by atoms with van der Waals surface area (Å²) >= 11 is 0. The molecule has 3 N–H and O–H groups in total. The predicted molar refractivity (Wildman–Crippen MR) is 130 cm³/mol. The highest BCUT2D eigenvalue weighted by molar-refractivity contribution is 6.14. The number of unbranched alkanes of at least 4 members (excludes halogenated alkanes) is 1. The second-order valence-corrected chi connectivity index (χ2v) is 9.38. The topological polar surface area (TPSA) is 107 Å². The molecule has 1 aromatic heterocycles. The number of pyridine rings is 1. The van der Waals surface area contributed by atoms with Crippen molar-refractivity contribution in [2.75, 3.05) is 0 Å². The Balaban J connectivity index is 2.28. The molecule has 8 heteroatoms. The van der Waals surface area contributed by atoms with Gasteiger partial charge in [-0.05, 0) is 63.3 Å². The molecule has 2 aliphatic rings. The van der Waals surface area contributed by atoms with E-state index in [9.17, 15) is 19.1 Å². The summed E-state index contributed by atoms with van der Waals surface area (Å²) in [5.74, 6) is -1.07. The first-order valence-corrected chi connectivity index (χ1v) is 12.0. The molecule has 0 bridgehead atoms. The van der Waals surface area contributed by atoms with Gasteiger partial charge in [0.2, 0.25) is 0 Å². The molecule has 2 aliphatic heterocycles. The first-order valence-electron chi connectivity index (χ1n) is 12.0. The van der Waals surface area contributed by atoms with E-state index in [4.69, 9.17) is 15.5 Å². The molecular formula is C26H36FN3O4. The fraction of sp³-hybridized carbons (Fsp3) is 0.577. The van der Waals surface area contributed by atoms with Crippen molar-refractivity contribution in [3.05, 3.63) is 55.8 Å². The van der Waals surface area contributed by atoms with E-state index >= 15 is 0 Å². The van der Waals surface area contributed by atoms with Crippen LogP contribution >= 0.6 is 0 Å². The summed E-state index contributed by atoms with van der Waals surface area (Å²) in [5, 5.41) is 11.1. The lowest BCUT2D eigenvalue weighted by molar-refractivity contribution is -0.172. The lowest BCUT2D eigenvalue weighted by Gasteiger charge is -2.31. The van der Waals surface area contributed by atoms with Crippen molar-refractivity contribution in [1.82, 2.24) is 4.57 Å². The zero-order chi connectivity index (χ0) is 25.4. The van der Waals surface area contributed by atoms with E-state index in [-0.39, 0.29) is 48.1 Å². The maximum atomic E-state index is 14.0. The summed E-state index contributed by atoms with van der Waals surface area (Å²) in [6, 6.07) is 1.00. The van der Waals surface area contributed by atoms with Crippen LogP contribution in [0.4, 0.5) is 4.39 Å². The molecule has 0 saturated carbocycles. The van der Waals surface area contributed by atoms with E-state index in [0.717, 1.165) is 30.4 Å². The van der Waals surface area contributed by atoms with E-state index in [2.05, 4.69) is 6.92 Å². The molecule has 3 heterocycles. The van der Waals surface area contributed by atoms with Crippen molar-refractivity contribution in [3.8, 4) is 0 Å². The molecule has 0 saturated heterocycles. The van der Waals surface area contributed by atoms with Crippen LogP contribution in [0.1, 0.15) is 84.0 Å². The fourth-order valence-corrected chi connectivity index (χ4v) is 4.54. The minimum Gasteiger partial charge on any atom is -0.458 e. The van der Waals surface area contributed by atoms with Gasteiger partial charge in [0.05, 0.1) is 35.4 Å². The third kappa shape index (κ3) is 4.41. The fourth-order valence-electron chi connectivity index (χ4n) is 4.54. The summed E-state index contributed by atoms with van der Waals surface area (Å²) < 4.78 is 20.7. The van der Waals surface area contributed by atoms with Crippen molar-refractivity contribution in [2.45, 2.75) is 98.1 Å². The Morgan fingerprint density at radius 1 is 1.32 bits per heavy atom. The first kappa shape index (κ1) is 26.0. The second kappa shape index (κ2) is 9.96. The number of halogens is 1. The van der Waals surface area contributed by atoms with Gasteiger partial charge in [0.25, 0.3) is 5.56 Å². The van der Waals surface area contributed by atoms with Gasteiger partial charge in [-0.25, -0.2) is 9.18 Å². The van der Waals surface area contributed by atoms with Gasteiger partial charge in [-0.15, -0.1) is 0 Å². The number of esters is 1. The summed E-state index contributed by atoms with van der Waals surface area (Å²) in [5.41, 5.74) is 8.08. The Hall–Kier alpha value is -2.58. The van der Waals surface area contributed by atoms with Crippen LogP contribution in [0.25, 0.3) is 0 Å². The number of fused-ring (bicyclic) bond motifs is 2. The molecule has 0 aliphatic carbocycles. The van der Waals surface area contributed by atoms with Crippen LogP contribution in [-0.4, -0.2) is 33.4 Å². The molecule has 0 fully saturated rings. The molecule has 3 rings (SSSR count). The van der Waals surface area contributed by atoms with Crippen LogP contribution in [0.3, 0.4) is 0 Å². The Bertz CT molecular complexity index is 1140. The Morgan fingerprint density at radius 3 is 2.59 bits per heavy atom. The SMILES string of the molecule is CCCC[C@H](N)/C(C)=C1\Cn2c(cc3c(c2=O)COC(=O)[C@]3(O)CC)\C1=N\[C@H](C)C(C)=C(C)F. The summed E-state index contributed by atoms with van der Waals surface area (Å²) in [4.78, 5) is 30.7. The number of carbonyl (C=O) groups excluding carboxylic acids is 1. The number of allylic oxidation sites excluding steroid dienone is 2. The minimum absolute atomic E-state index is 0.0666. The third-order valence-electron chi connectivity index (χ3n) is 7.28. The quantitative estimate of drug-likeness (QED) is 0.586. The van der Waals surface area contributed by atoms with E-state index < -0.39 is 17.6 Å². The number of nitrogens with two attached hydrogens (primary N) is 1. The molecular weight excluding hydrogens is 437 g/mol. The number of cyclic esters (lactones) is 1. The number of aromatic nitrogens is 1. The van der Waals surface area contributed by atoms with Crippen LogP contribution in [0.15, 0.2) is 38.4 Å². The molecule has 0 aromatic carbocycles. The number of hydrogen-bond donors (Lipinski definition) is 2. The first-order chi connectivity index (χ1) is 16.0. The van der Waals surface area contributed by atoms with E-state index in [0.29, 0.717) is 17.0 Å². The highest BCUT2D eigenvalue weighted by Crippen LogP contribution is 2.36. The zero-order valence-corrected chi connectivity index (χ0v) is 21.0. The van der Waals surface area contributed by atoms with Gasteiger partial charge in [-0.3, -0.25) is 9.79 Å². The van der Waals surface area contributed by atoms with Crippen molar-refractivity contribution < 1.29 is 19.0 Å². The molecule has 34 heavy (non-hydrogen) atoms. The zero-order valence-electron chi connectivity index (χ0n) is 21.0. The lowest BCUT2D eigenvalue weighted by Crippen LogP contribution is -2.44.